The van der Waals surface area contributed by atoms with Crippen LogP contribution in [-0.2, 0) is 11.3 Å². The summed E-state index contributed by atoms with van der Waals surface area (Å²) in [5, 5.41) is 2.81. The second kappa shape index (κ2) is 7.56. The summed E-state index contributed by atoms with van der Waals surface area (Å²) in [6.45, 7) is 4.68. The fourth-order valence-electron chi connectivity index (χ4n) is 1.70. The molecule has 1 heterocycles. The third kappa shape index (κ3) is 5.11. The molecule has 0 aromatic carbocycles. The van der Waals surface area contributed by atoms with Crippen molar-refractivity contribution < 1.29 is 4.79 Å². The van der Waals surface area contributed by atoms with E-state index in [0.717, 1.165) is 19.3 Å². The van der Waals surface area contributed by atoms with E-state index in [1.165, 1.54) is 10.8 Å². The first-order chi connectivity index (χ1) is 9.04. The molecule has 1 amide bonds. The van der Waals surface area contributed by atoms with E-state index >= 15 is 0 Å². The minimum absolute atomic E-state index is 0.0770. The zero-order chi connectivity index (χ0) is 14.3. The molecular formula is C13H21N3O3. The third-order valence-corrected chi connectivity index (χ3v) is 2.87. The lowest BCUT2D eigenvalue weighted by Crippen LogP contribution is -2.33. The Bertz CT molecular complexity index is 531. The van der Waals surface area contributed by atoms with Gasteiger partial charge in [0.2, 0.25) is 5.91 Å². The van der Waals surface area contributed by atoms with Crippen LogP contribution in [0.25, 0.3) is 0 Å². The average Bonchev–Trinajstić information content (AvgIpc) is 2.37. The summed E-state index contributed by atoms with van der Waals surface area (Å²) in [7, 11) is 0. The van der Waals surface area contributed by atoms with Crippen LogP contribution < -0.4 is 16.6 Å². The van der Waals surface area contributed by atoms with Gasteiger partial charge >= 0.3 is 5.69 Å². The van der Waals surface area contributed by atoms with Gasteiger partial charge in [-0.15, -0.1) is 0 Å². The van der Waals surface area contributed by atoms with Crippen LogP contribution in [0.5, 0.6) is 0 Å². The second-order valence-corrected chi connectivity index (χ2v) is 4.57. The number of aromatic amines is 1. The normalized spacial score (nSPS) is 10.4. The van der Waals surface area contributed by atoms with Gasteiger partial charge in [-0.25, -0.2) is 4.79 Å². The average molecular weight is 267 g/mol. The molecule has 0 fully saturated rings. The highest BCUT2D eigenvalue weighted by atomic mass is 16.2. The first-order valence-electron chi connectivity index (χ1n) is 6.61. The largest absolute Gasteiger partial charge is 0.356 e. The number of nitrogens with one attached hydrogen (secondary N) is 2. The van der Waals surface area contributed by atoms with E-state index in [1.807, 2.05) is 0 Å². The van der Waals surface area contributed by atoms with Crippen molar-refractivity contribution in [2.75, 3.05) is 6.54 Å². The van der Waals surface area contributed by atoms with Crippen LogP contribution >= 0.6 is 0 Å². The van der Waals surface area contributed by atoms with E-state index in [0.29, 0.717) is 12.1 Å². The zero-order valence-electron chi connectivity index (χ0n) is 11.5. The molecule has 0 unspecified atom stereocenters. The van der Waals surface area contributed by atoms with Gasteiger partial charge < -0.3 is 5.32 Å². The minimum atomic E-state index is -0.477. The highest BCUT2D eigenvalue weighted by Crippen LogP contribution is 1.93. The zero-order valence-corrected chi connectivity index (χ0v) is 11.5. The van der Waals surface area contributed by atoms with E-state index in [2.05, 4.69) is 17.2 Å². The second-order valence-electron chi connectivity index (χ2n) is 4.57. The Morgan fingerprint density at radius 3 is 2.79 bits per heavy atom. The summed E-state index contributed by atoms with van der Waals surface area (Å²) in [6.07, 6.45) is 4.89. The van der Waals surface area contributed by atoms with Gasteiger partial charge in [0.05, 0.1) is 0 Å². The van der Waals surface area contributed by atoms with Crippen LogP contribution in [0.4, 0.5) is 0 Å². The minimum Gasteiger partial charge on any atom is -0.356 e. The Labute approximate surface area is 111 Å². The number of aryl methyl sites for hydroxylation is 2. The fourth-order valence-corrected chi connectivity index (χ4v) is 1.70. The van der Waals surface area contributed by atoms with E-state index in [1.54, 1.807) is 6.92 Å². The van der Waals surface area contributed by atoms with Crippen LogP contribution in [0.3, 0.4) is 0 Å². The summed E-state index contributed by atoms with van der Waals surface area (Å²) >= 11 is 0. The molecule has 0 radical (unpaired) electrons. The predicted octanol–water partition coefficient (Wildman–Crippen LogP) is 0.542. The Morgan fingerprint density at radius 2 is 2.11 bits per heavy atom. The van der Waals surface area contributed by atoms with Crippen molar-refractivity contribution in [3.8, 4) is 0 Å². The van der Waals surface area contributed by atoms with E-state index < -0.39 is 5.69 Å². The molecule has 0 atom stereocenters. The maximum atomic E-state index is 11.5. The van der Waals surface area contributed by atoms with Gasteiger partial charge in [0.1, 0.15) is 0 Å². The van der Waals surface area contributed by atoms with Crippen molar-refractivity contribution in [3.63, 3.8) is 0 Å². The van der Waals surface area contributed by atoms with Gasteiger partial charge in [-0.1, -0.05) is 19.8 Å². The number of rotatable bonds is 7. The molecule has 0 aliphatic rings. The molecule has 6 heteroatoms. The SMILES string of the molecule is CCCCCNC(=O)CCn1cc(C)c(=O)[nH]c1=O. The first-order valence-corrected chi connectivity index (χ1v) is 6.61. The van der Waals surface area contributed by atoms with Gasteiger partial charge in [0.25, 0.3) is 5.56 Å². The number of carbonyl (C=O) groups excluding carboxylic acids is 1. The summed E-state index contributed by atoms with van der Waals surface area (Å²) < 4.78 is 1.35. The molecule has 0 aliphatic carbocycles. The van der Waals surface area contributed by atoms with Crippen LogP contribution in [0.2, 0.25) is 0 Å². The lowest BCUT2D eigenvalue weighted by atomic mass is 10.2. The molecule has 6 nitrogen and oxygen atoms in total. The van der Waals surface area contributed by atoms with Gasteiger partial charge in [-0.3, -0.25) is 19.1 Å². The van der Waals surface area contributed by atoms with Crippen LogP contribution in [0.15, 0.2) is 15.8 Å². The first kappa shape index (κ1) is 15.2. The monoisotopic (exact) mass is 267 g/mol. The van der Waals surface area contributed by atoms with Crippen molar-refractivity contribution in [2.24, 2.45) is 0 Å². The third-order valence-electron chi connectivity index (χ3n) is 2.87. The summed E-state index contributed by atoms with van der Waals surface area (Å²) in [6, 6.07) is 0. The number of hydrogen-bond acceptors (Lipinski definition) is 3. The van der Waals surface area contributed by atoms with Crippen molar-refractivity contribution in [1.29, 1.82) is 0 Å². The molecule has 0 aliphatic heterocycles. The lowest BCUT2D eigenvalue weighted by molar-refractivity contribution is -0.121. The molecule has 106 valence electrons. The fraction of sp³-hybridized carbons (Fsp3) is 0.615. The molecule has 1 rings (SSSR count). The summed E-state index contributed by atoms with van der Waals surface area (Å²) in [4.78, 5) is 36.4. The molecular weight excluding hydrogens is 246 g/mol. The number of unbranched alkanes of at least 4 members (excludes halogenated alkanes) is 2. The number of amides is 1. The van der Waals surface area contributed by atoms with Crippen LogP contribution in [0, 0.1) is 6.92 Å². The standard InChI is InChI=1S/C13H21N3O3/c1-3-4-5-7-14-11(17)6-8-16-9-10(2)12(18)15-13(16)19/h9H,3-8H2,1-2H3,(H,14,17)(H,15,18,19). The maximum Gasteiger partial charge on any atom is 0.328 e. The number of H-pyrrole nitrogens is 1. The van der Waals surface area contributed by atoms with Crippen molar-refractivity contribution in [1.82, 2.24) is 14.9 Å². The molecule has 1 aromatic heterocycles. The Balaban J connectivity index is 2.44. The Morgan fingerprint density at radius 1 is 1.37 bits per heavy atom. The Hall–Kier alpha value is -1.85. The predicted molar refractivity (Wildman–Crippen MR) is 73.2 cm³/mol. The topological polar surface area (TPSA) is 84.0 Å². The summed E-state index contributed by atoms with van der Waals surface area (Å²) in [5.74, 6) is -0.0770. The Kier molecular flexibility index (Phi) is 6.05. The van der Waals surface area contributed by atoms with E-state index in [-0.39, 0.29) is 24.4 Å². The number of hydrogen-bond donors (Lipinski definition) is 2. The van der Waals surface area contributed by atoms with E-state index in [9.17, 15) is 14.4 Å². The molecule has 19 heavy (non-hydrogen) atoms. The number of aromatic nitrogens is 2. The molecule has 0 saturated carbocycles. The highest BCUT2D eigenvalue weighted by molar-refractivity contribution is 5.75. The van der Waals surface area contributed by atoms with Crippen LogP contribution in [-0.4, -0.2) is 22.0 Å². The van der Waals surface area contributed by atoms with Crippen molar-refractivity contribution in [2.45, 2.75) is 46.1 Å². The molecule has 2 N–H and O–H groups in total. The maximum absolute atomic E-state index is 11.5. The van der Waals surface area contributed by atoms with Crippen molar-refractivity contribution in [3.05, 3.63) is 32.6 Å². The number of carbonyl (C=O) groups is 1. The highest BCUT2D eigenvalue weighted by Gasteiger charge is 2.04. The van der Waals surface area contributed by atoms with Gasteiger partial charge in [0.15, 0.2) is 0 Å². The number of nitrogens with zero attached hydrogens (tertiary/aromatic N) is 1. The van der Waals surface area contributed by atoms with Crippen molar-refractivity contribution >= 4 is 5.91 Å². The van der Waals surface area contributed by atoms with Gasteiger partial charge in [-0.05, 0) is 13.3 Å². The quantitative estimate of drug-likeness (QED) is 0.707. The molecule has 0 saturated heterocycles. The smallest absolute Gasteiger partial charge is 0.328 e. The lowest BCUT2D eigenvalue weighted by Gasteiger charge is -2.07. The molecule has 0 bridgehead atoms. The summed E-state index contributed by atoms with van der Waals surface area (Å²) in [5.41, 5.74) is -0.400. The van der Waals surface area contributed by atoms with E-state index in [4.69, 9.17) is 0 Å². The van der Waals surface area contributed by atoms with Crippen LogP contribution in [0.1, 0.15) is 38.2 Å². The van der Waals surface area contributed by atoms with Gasteiger partial charge in [-0.2, -0.15) is 0 Å². The molecule has 0 spiro atoms. The molecule has 1 aromatic rings. The van der Waals surface area contributed by atoms with Gasteiger partial charge in [0, 0.05) is 31.3 Å².